The summed E-state index contributed by atoms with van der Waals surface area (Å²) in [6, 6.07) is 6.26. The van der Waals surface area contributed by atoms with Crippen LogP contribution in [0.1, 0.15) is 19.8 Å². The van der Waals surface area contributed by atoms with Gasteiger partial charge in [0, 0.05) is 36.2 Å². The number of rotatable bonds is 6. The molecule has 28 heavy (non-hydrogen) atoms. The summed E-state index contributed by atoms with van der Waals surface area (Å²) in [6.45, 7) is 2.77. The zero-order valence-electron chi connectivity index (χ0n) is 15.7. The number of nitrogens with zero attached hydrogens (tertiary/aromatic N) is 6. The number of aromatic nitrogens is 6. The third-order valence-corrected chi connectivity index (χ3v) is 5.09. The van der Waals surface area contributed by atoms with Crippen molar-refractivity contribution >= 4 is 17.1 Å². The van der Waals surface area contributed by atoms with Gasteiger partial charge in [0.2, 0.25) is 11.8 Å². The van der Waals surface area contributed by atoms with Crippen molar-refractivity contribution in [3.05, 3.63) is 36.9 Å². The van der Waals surface area contributed by atoms with E-state index in [4.69, 9.17) is 9.47 Å². The van der Waals surface area contributed by atoms with E-state index >= 15 is 0 Å². The molecule has 9 nitrogen and oxygen atoms in total. The molecule has 4 heterocycles. The lowest BCUT2D eigenvalue weighted by Crippen LogP contribution is -2.41. The smallest absolute Gasteiger partial charge is 0.244 e. The highest BCUT2D eigenvalue weighted by atomic mass is 16.5. The molecule has 1 saturated carbocycles. The number of methoxy groups -OCH3 is 1. The predicted molar refractivity (Wildman–Crippen MR) is 104 cm³/mol. The lowest BCUT2D eigenvalue weighted by molar-refractivity contribution is 0.00282. The van der Waals surface area contributed by atoms with E-state index in [0.29, 0.717) is 24.0 Å². The number of fused-ring (bicyclic) bond motifs is 2. The van der Waals surface area contributed by atoms with Crippen molar-refractivity contribution in [2.45, 2.75) is 31.9 Å². The number of ether oxygens (including phenoxy) is 2. The Kier molecular flexibility index (Phi) is 4.09. The lowest BCUT2D eigenvalue weighted by Gasteiger charge is -2.35. The number of hydrogen-bond donors (Lipinski definition) is 1. The summed E-state index contributed by atoms with van der Waals surface area (Å²) < 4.78 is 14.7. The number of hydrogen-bond acceptors (Lipinski definition) is 7. The Morgan fingerprint density at radius 1 is 1.21 bits per heavy atom. The van der Waals surface area contributed by atoms with Crippen molar-refractivity contribution in [1.82, 2.24) is 29.2 Å². The zero-order valence-corrected chi connectivity index (χ0v) is 15.7. The average Bonchev–Trinajstić information content (AvgIpc) is 3.31. The zero-order chi connectivity index (χ0) is 19.1. The highest BCUT2D eigenvalue weighted by Crippen LogP contribution is 2.32. The van der Waals surface area contributed by atoms with Crippen LogP contribution in [0, 0.1) is 0 Å². The van der Waals surface area contributed by atoms with Gasteiger partial charge in [-0.2, -0.15) is 10.1 Å². The highest BCUT2D eigenvalue weighted by Gasteiger charge is 2.30. The van der Waals surface area contributed by atoms with E-state index in [0.717, 1.165) is 41.7 Å². The molecule has 1 aliphatic rings. The molecule has 0 spiro atoms. The van der Waals surface area contributed by atoms with Gasteiger partial charge < -0.3 is 14.8 Å². The minimum Gasteiger partial charge on any atom is -0.479 e. The second kappa shape index (κ2) is 6.75. The first-order valence-electron chi connectivity index (χ1n) is 9.36. The van der Waals surface area contributed by atoms with Gasteiger partial charge >= 0.3 is 0 Å². The van der Waals surface area contributed by atoms with Crippen LogP contribution in [0.3, 0.4) is 0 Å². The summed E-state index contributed by atoms with van der Waals surface area (Å²) in [5, 5.41) is 12.2. The van der Waals surface area contributed by atoms with Gasteiger partial charge in [-0.15, -0.1) is 5.10 Å². The van der Waals surface area contributed by atoms with Crippen LogP contribution in [0.5, 0.6) is 5.88 Å². The molecule has 0 aliphatic heterocycles. The molecule has 1 N–H and O–H groups in total. The van der Waals surface area contributed by atoms with Gasteiger partial charge in [0.05, 0.1) is 13.2 Å². The summed E-state index contributed by atoms with van der Waals surface area (Å²) in [4.78, 5) is 8.77. The molecule has 9 heteroatoms. The molecule has 5 rings (SSSR count). The fourth-order valence-corrected chi connectivity index (χ4v) is 3.64. The van der Waals surface area contributed by atoms with Crippen LogP contribution in [0.2, 0.25) is 0 Å². The maximum absolute atomic E-state index is 5.62. The second-order valence-corrected chi connectivity index (χ2v) is 6.84. The van der Waals surface area contributed by atoms with E-state index < -0.39 is 0 Å². The molecule has 0 aromatic carbocycles. The van der Waals surface area contributed by atoms with E-state index in [1.807, 2.05) is 37.5 Å². The third-order valence-electron chi connectivity index (χ3n) is 5.09. The standard InChI is InChI=1S/C19H21N7O2/c1-3-28-14-8-13(9-14)22-19-23-18(27-2)17-15(6-7-25(17)24-19)12-4-5-16-20-11-21-26(16)10-12/h4-7,10-11,13-14H,3,8-9H2,1-2H3,(H,22,24). The van der Waals surface area contributed by atoms with Crippen molar-refractivity contribution in [2.24, 2.45) is 0 Å². The molecule has 0 amide bonds. The maximum atomic E-state index is 5.62. The van der Waals surface area contributed by atoms with Crippen LogP contribution in [-0.4, -0.2) is 55.1 Å². The van der Waals surface area contributed by atoms with Gasteiger partial charge in [-0.3, -0.25) is 0 Å². The summed E-state index contributed by atoms with van der Waals surface area (Å²) in [6.07, 6.45) is 7.65. The fourth-order valence-electron chi connectivity index (χ4n) is 3.64. The first-order valence-corrected chi connectivity index (χ1v) is 9.36. The predicted octanol–water partition coefficient (Wildman–Crippen LogP) is 2.43. The summed E-state index contributed by atoms with van der Waals surface area (Å²) in [7, 11) is 1.62. The van der Waals surface area contributed by atoms with Crippen LogP contribution in [0.4, 0.5) is 5.95 Å². The summed E-state index contributed by atoms with van der Waals surface area (Å²) >= 11 is 0. The third kappa shape index (κ3) is 2.84. The minimum absolute atomic E-state index is 0.323. The lowest BCUT2D eigenvalue weighted by atomic mass is 9.89. The number of pyridine rings is 1. The van der Waals surface area contributed by atoms with E-state index in [1.165, 1.54) is 6.33 Å². The van der Waals surface area contributed by atoms with Crippen molar-refractivity contribution < 1.29 is 9.47 Å². The van der Waals surface area contributed by atoms with Crippen LogP contribution in [-0.2, 0) is 4.74 Å². The molecule has 0 saturated heterocycles. The van der Waals surface area contributed by atoms with E-state index in [-0.39, 0.29) is 0 Å². The molecular formula is C19H21N7O2. The Morgan fingerprint density at radius 3 is 2.93 bits per heavy atom. The molecule has 1 aliphatic carbocycles. The molecule has 0 atom stereocenters. The first-order chi connectivity index (χ1) is 13.7. The topological polar surface area (TPSA) is 90.9 Å². The van der Waals surface area contributed by atoms with Crippen molar-refractivity contribution in [2.75, 3.05) is 19.0 Å². The first kappa shape index (κ1) is 16.9. The van der Waals surface area contributed by atoms with Gasteiger partial charge in [0.15, 0.2) is 5.65 Å². The Balaban J connectivity index is 1.47. The molecule has 4 aromatic rings. The van der Waals surface area contributed by atoms with Crippen LogP contribution >= 0.6 is 0 Å². The van der Waals surface area contributed by atoms with Gasteiger partial charge in [0.1, 0.15) is 11.8 Å². The summed E-state index contributed by atoms with van der Waals surface area (Å²) in [5.41, 5.74) is 3.57. The van der Waals surface area contributed by atoms with E-state index in [2.05, 4.69) is 25.5 Å². The molecule has 1 fully saturated rings. The van der Waals surface area contributed by atoms with Crippen LogP contribution in [0.25, 0.3) is 22.3 Å². The fraction of sp³-hybridized carbons (Fsp3) is 0.368. The van der Waals surface area contributed by atoms with Crippen molar-refractivity contribution in [1.29, 1.82) is 0 Å². The van der Waals surface area contributed by atoms with Crippen LogP contribution in [0.15, 0.2) is 36.9 Å². The van der Waals surface area contributed by atoms with Gasteiger partial charge in [-0.1, -0.05) is 0 Å². The molecule has 144 valence electrons. The Morgan fingerprint density at radius 2 is 2.11 bits per heavy atom. The molecule has 0 radical (unpaired) electrons. The normalized spacial score (nSPS) is 19.1. The van der Waals surface area contributed by atoms with Gasteiger partial charge in [0.25, 0.3) is 0 Å². The molecule has 0 bridgehead atoms. The van der Waals surface area contributed by atoms with Crippen molar-refractivity contribution in [3.8, 4) is 17.0 Å². The average molecular weight is 379 g/mol. The Hall–Kier alpha value is -3.20. The van der Waals surface area contributed by atoms with Gasteiger partial charge in [-0.25, -0.2) is 14.0 Å². The molecular weight excluding hydrogens is 358 g/mol. The second-order valence-electron chi connectivity index (χ2n) is 6.84. The molecule has 4 aromatic heterocycles. The Bertz CT molecular complexity index is 1130. The van der Waals surface area contributed by atoms with E-state index in [1.54, 1.807) is 16.1 Å². The van der Waals surface area contributed by atoms with Gasteiger partial charge in [-0.05, 0) is 38.0 Å². The maximum Gasteiger partial charge on any atom is 0.244 e. The van der Waals surface area contributed by atoms with E-state index in [9.17, 15) is 0 Å². The minimum atomic E-state index is 0.323. The SMILES string of the molecule is CCOC1CC(Nc2nc(OC)c3c(-c4ccc5ncnn5c4)ccn3n2)C1. The quantitative estimate of drug-likeness (QED) is 0.550. The molecule has 0 unspecified atom stereocenters. The van der Waals surface area contributed by atoms with Crippen molar-refractivity contribution in [3.63, 3.8) is 0 Å². The van der Waals surface area contributed by atoms with Crippen LogP contribution < -0.4 is 10.1 Å². The monoisotopic (exact) mass is 379 g/mol. The number of anilines is 1. The highest BCUT2D eigenvalue weighted by molar-refractivity contribution is 5.84. The summed E-state index contributed by atoms with van der Waals surface area (Å²) in [5.74, 6) is 1.08. The number of nitrogens with one attached hydrogen (secondary N) is 1. The largest absolute Gasteiger partial charge is 0.479 e. The Labute approximate surface area is 161 Å².